The van der Waals surface area contributed by atoms with E-state index in [-0.39, 0.29) is 6.10 Å². The van der Waals surface area contributed by atoms with Gasteiger partial charge in [-0.25, -0.2) is 0 Å². The number of benzene rings is 2. The average molecular weight is 354 g/mol. The van der Waals surface area contributed by atoms with Crippen LogP contribution in [0.25, 0.3) is 0 Å². The summed E-state index contributed by atoms with van der Waals surface area (Å²) in [5, 5.41) is 0. The average Bonchev–Trinajstić information content (AvgIpc) is 2.68. The predicted molar refractivity (Wildman–Crippen MR) is 105 cm³/mol. The van der Waals surface area contributed by atoms with Gasteiger partial charge in [0, 0.05) is 30.6 Å². The summed E-state index contributed by atoms with van der Waals surface area (Å²) >= 11 is 0. The van der Waals surface area contributed by atoms with Crippen molar-refractivity contribution in [3.05, 3.63) is 48.0 Å². The summed E-state index contributed by atoms with van der Waals surface area (Å²) < 4.78 is 16.7. The van der Waals surface area contributed by atoms with Gasteiger partial charge in [0.05, 0.1) is 32.1 Å². The molecule has 0 aromatic heterocycles. The quantitative estimate of drug-likeness (QED) is 0.734. The maximum atomic E-state index is 5.92. The number of methoxy groups -OCH3 is 1. The SMILES string of the molecule is COc1cccc(C=Nc2ccc(N3CCOCC3)cc2)c1OC(C)C. The third kappa shape index (κ3) is 4.55. The summed E-state index contributed by atoms with van der Waals surface area (Å²) in [6, 6.07) is 14.1. The summed E-state index contributed by atoms with van der Waals surface area (Å²) in [7, 11) is 1.65. The van der Waals surface area contributed by atoms with Gasteiger partial charge in [-0.3, -0.25) is 4.99 Å². The zero-order valence-electron chi connectivity index (χ0n) is 15.6. The van der Waals surface area contributed by atoms with Crippen LogP contribution in [0.2, 0.25) is 0 Å². The first-order valence-corrected chi connectivity index (χ1v) is 8.98. The Kier molecular flexibility index (Phi) is 6.12. The Labute approximate surface area is 155 Å². The van der Waals surface area contributed by atoms with Gasteiger partial charge in [0.1, 0.15) is 0 Å². The lowest BCUT2D eigenvalue weighted by atomic mass is 10.2. The molecule has 0 atom stereocenters. The largest absolute Gasteiger partial charge is 0.493 e. The summed E-state index contributed by atoms with van der Waals surface area (Å²) in [5.74, 6) is 1.43. The maximum Gasteiger partial charge on any atom is 0.170 e. The number of anilines is 1. The van der Waals surface area contributed by atoms with Crippen LogP contribution < -0.4 is 14.4 Å². The van der Waals surface area contributed by atoms with Gasteiger partial charge in [0.15, 0.2) is 11.5 Å². The van der Waals surface area contributed by atoms with E-state index in [1.807, 2.05) is 50.4 Å². The molecule has 5 heteroatoms. The molecule has 138 valence electrons. The highest BCUT2D eigenvalue weighted by Crippen LogP contribution is 2.31. The standard InChI is InChI=1S/C21H26N2O3/c1-16(2)26-21-17(5-4-6-20(21)24-3)15-22-18-7-9-19(10-8-18)23-11-13-25-14-12-23/h4-10,15-16H,11-14H2,1-3H3. The fraction of sp³-hybridized carbons (Fsp3) is 0.381. The summed E-state index contributed by atoms with van der Waals surface area (Å²) in [6.45, 7) is 7.43. The van der Waals surface area contributed by atoms with Crippen LogP contribution in [0.1, 0.15) is 19.4 Å². The highest BCUT2D eigenvalue weighted by Gasteiger charge is 2.12. The highest BCUT2D eigenvalue weighted by molar-refractivity contribution is 5.87. The monoisotopic (exact) mass is 354 g/mol. The fourth-order valence-electron chi connectivity index (χ4n) is 2.87. The molecule has 2 aromatic carbocycles. The van der Waals surface area contributed by atoms with E-state index >= 15 is 0 Å². The number of para-hydroxylation sites is 1. The third-order valence-electron chi connectivity index (χ3n) is 4.16. The van der Waals surface area contributed by atoms with Crippen LogP contribution in [0.15, 0.2) is 47.5 Å². The first-order chi connectivity index (χ1) is 12.7. The number of nitrogens with zero attached hydrogens (tertiary/aromatic N) is 2. The van der Waals surface area contributed by atoms with E-state index in [4.69, 9.17) is 14.2 Å². The summed E-state index contributed by atoms with van der Waals surface area (Å²) in [6.07, 6.45) is 1.88. The number of morpholine rings is 1. The lowest BCUT2D eigenvalue weighted by Crippen LogP contribution is -2.36. The first kappa shape index (κ1) is 18.3. The van der Waals surface area contributed by atoms with E-state index in [1.165, 1.54) is 5.69 Å². The van der Waals surface area contributed by atoms with Crippen molar-refractivity contribution in [2.24, 2.45) is 4.99 Å². The molecular weight excluding hydrogens is 328 g/mol. The second kappa shape index (κ2) is 8.72. The van der Waals surface area contributed by atoms with Crippen molar-refractivity contribution in [3.63, 3.8) is 0 Å². The van der Waals surface area contributed by atoms with Crippen LogP contribution in [0.3, 0.4) is 0 Å². The molecule has 0 bridgehead atoms. The number of rotatable bonds is 6. The van der Waals surface area contributed by atoms with Gasteiger partial charge in [-0.1, -0.05) is 6.07 Å². The molecule has 0 amide bonds. The molecule has 1 fully saturated rings. The van der Waals surface area contributed by atoms with Crippen LogP contribution in [0.4, 0.5) is 11.4 Å². The van der Waals surface area contributed by atoms with E-state index in [2.05, 4.69) is 22.0 Å². The van der Waals surface area contributed by atoms with E-state index in [1.54, 1.807) is 7.11 Å². The second-order valence-corrected chi connectivity index (χ2v) is 6.42. The summed E-state index contributed by atoms with van der Waals surface area (Å²) in [4.78, 5) is 6.93. The van der Waals surface area contributed by atoms with Crippen molar-refractivity contribution in [2.45, 2.75) is 20.0 Å². The Morgan fingerprint density at radius 2 is 1.81 bits per heavy atom. The molecule has 0 N–H and O–H groups in total. The Balaban J connectivity index is 1.77. The minimum Gasteiger partial charge on any atom is -0.493 e. The van der Waals surface area contributed by atoms with Gasteiger partial charge in [-0.15, -0.1) is 0 Å². The lowest BCUT2D eigenvalue weighted by molar-refractivity contribution is 0.122. The molecule has 0 unspecified atom stereocenters. The molecule has 0 aliphatic carbocycles. The van der Waals surface area contributed by atoms with E-state index in [0.717, 1.165) is 43.3 Å². The van der Waals surface area contributed by atoms with Crippen molar-refractivity contribution in [3.8, 4) is 11.5 Å². The molecule has 26 heavy (non-hydrogen) atoms. The molecule has 0 radical (unpaired) electrons. The molecule has 2 aromatic rings. The first-order valence-electron chi connectivity index (χ1n) is 8.98. The lowest BCUT2D eigenvalue weighted by Gasteiger charge is -2.28. The van der Waals surface area contributed by atoms with E-state index < -0.39 is 0 Å². The van der Waals surface area contributed by atoms with Gasteiger partial charge in [-0.05, 0) is 50.2 Å². The van der Waals surface area contributed by atoms with Crippen LogP contribution in [0.5, 0.6) is 11.5 Å². The van der Waals surface area contributed by atoms with Crippen molar-refractivity contribution in [1.82, 2.24) is 0 Å². The van der Waals surface area contributed by atoms with Crippen LogP contribution >= 0.6 is 0 Å². The van der Waals surface area contributed by atoms with Gasteiger partial charge in [0.2, 0.25) is 0 Å². The minimum atomic E-state index is 0.0613. The number of ether oxygens (including phenoxy) is 3. The normalized spacial score (nSPS) is 14.8. The highest BCUT2D eigenvalue weighted by atomic mass is 16.5. The Hall–Kier alpha value is -2.53. The van der Waals surface area contributed by atoms with Crippen molar-refractivity contribution in [1.29, 1.82) is 0 Å². The van der Waals surface area contributed by atoms with E-state index in [0.29, 0.717) is 5.75 Å². The van der Waals surface area contributed by atoms with Crippen LogP contribution in [0, 0.1) is 0 Å². The predicted octanol–water partition coefficient (Wildman–Crippen LogP) is 4.07. The molecule has 1 aliphatic heterocycles. The van der Waals surface area contributed by atoms with Crippen molar-refractivity contribution < 1.29 is 14.2 Å². The molecule has 0 saturated carbocycles. The second-order valence-electron chi connectivity index (χ2n) is 6.42. The Bertz CT molecular complexity index is 735. The topological polar surface area (TPSA) is 43.3 Å². The Morgan fingerprint density at radius 1 is 1.08 bits per heavy atom. The fourth-order valence-corrected chi connectivity index (χ4v) is 2.87. The van der Waals surface area contributed by atoms with E-state index in [9.17, 15) is 0 Å². The van der Waals surface area contributed by atoms with Crippen LogP contribution in [-0.4, -0.2) is 45.7 Å². The molecule has 1 saturated heterocycles. The molecule has 1 heterocycles. The maximum absolute atomic E-state index is 5.92. The zero-order chi connectivity index (χ0) is 18.4. The zero-order valence-corrected chi connectivity index (χ0v) is 15.6. The van der Waals surface area contributed by atoms with Crippen molar-refractivity contribution in [2.75, 3.05) is 38.3 Å². The van der Waals surface area contributed by atoms with Gasteiger partial charge < -0.3 is 19.1 Å². The minimum absolute atomic E-state index is 0.0613. The number of hydrogen-bond acceptors (Lipinski definition) is 5. The Morgan fingerprint density at radius 3 is 2.46 bits per heavy atom. The number of aliphatic imine (C=N–C) groups is 1. The van der Waals surface area contributed by atoms with Crippen molar-refractivity contribution >= 4 is 17.6 Å². The molecule has 5 nitrogen and oxygen atoms in total. The third-order valence-corrected chi connectivity index (χ3v) is 4.16. The molecular formula is C21H26N2O3. The number of hydrogen-bond donors (Lipinski definition) is 0. The van der Waals surface area contributed by atoms with Gasteiger partial charge in [-0.2, -0.15) is 0 Å². The van der Waals surface area contributed by atoms with Crippen LogP contribution in [-0.2, 0) is 4.74 Å². The van der Waals surface area contributed by atoms with Gasteiger partial charge in [0.25, 0.3) is 0 Å². The molecule has 1 aliphatic rings. The molecule has 3 rings (SSSR count). The van der Waals surface area contributed by atoms with Gasteiger partial charge >= 0.3 is 0 Å². The summed E-state index contributed by atoms with van der Waals surface area (Å²) in [5.41, 5.74) is 3.01. The molecule has 0 spiro atoms. The smallest absolute Gasteiger partial charge is 0.170 e.